The highest BCUT2D eigenvalue weighted by molar-refractivity contribution is 5.82. The van der Waals surface area contributed by atoms with Gasteiger partial charge < -0.3 is 0 Å². The highest BCUT2D eigenvalue weighted by Crippen LogP contribution is 2.39. The number of hydrogen-bond donors (Lipinski definition) is 0. The van der Waals surface area contributed by atoms with E-state index in [0.717, 1.165) is 31.6 Å². The minimum Gasteiger partial charge on any atom is -0.299 e. The van der Waals surface area contributed by atoms with E-state index >= 15 is 0 Å². The fourth-order valence-electron chi connectivity index (χ4n) is 2.42. The van der Waals surface area contributed by atoms with Gasteiger partial charge in [0.2, 0.25) is 0 Å². The number of fused-ring (bicyclic) bond motifs is 2. The summed E-state index contributed by atoms with van der Waals surface area (Å²) in [6, 6.07) is 0. The number of carbonyl (C=O) groups is 1. The highest BCUT2D eigenvalue weighted by Gasteiger charge is 2.32. The van der Waals surface area contributed by atoms with Crippen LogP contribution >= 0.6 is 0 Å². The van der Waals surface area contributed by atoms with Gasteiger partial charge in [-0.15, -0.1) is 0 Å². The molecule has 0 heterocycles. The predicted molar refractivity (Wildman–Crippen MR) is 44.2 cm³/mol. The van der Waals surface area contributed by atoms with Crippen molar-refractivity contribution >= 4 is 5.78 Å². The molecule has 1 nitrogen and oxygen atoms in total. The Bertz CT molecular complexity index is 205. The molecular weight excluding hydrogens is 136 g/mol. The molecule has 0 radical (unpaired) electrons. The summed E-state index contributed by atoms with van der Waals surface area (Å²) in [5.41, 5.74) is 1.30. The molecule has 2 atom stereocenters. The lowest BCUT2D eigenvalue weighted by Gasteiger charge is -2.34. The molecule has 11 heavy (non-hydrogen) atoms. The summed E-state index contributed by atoms with van der Waals surface area (Å²) in [7, 11) is 0. The highest BCUT2D eigenvalue weighted by atomic mass is 16.1. The summed E-state index contributed by atoms with van der Waals surface area (Å²) in [6.07, 6.45) is 5.27. The van der Waals surface area contributed by atoms with Gasteiger partial charge >= 0.3 is 0 Å². The van der Waals surface area contributed by atoms with Crippen LogP contribution < -0.4 is 0 Å². The lowest BCUT2D eigenvalue weighted by Crippen LogP contribution is -2.29. The molecule has 0 aromatic heterocycles. The number of allylic oxidation sites excluding steroid dienone is 1. The van der Waals surface area contributed by atoms with E-state index < -0.39 is 0 Å². The van der Waals surface area contributed by atoms with E-state index in [9.17, 15) is 4.79 Å². The molecule has 0 aromatic carbocycles. The van der Waals surface area contributed by atoms with Crippen molar-refractivity contribution in [2.24, 2.45) is 11.8 Å². The summed E-state index contributed by atoms with van der Waals surface area (Å²) in [4.78, 5) is 11.3. The zero-order valence-electron chi connectivity index (χ0n) is 6.81. The zero-order chi connectivity index (χ0) is 7.84. The van der Waals surface area contributed by atoms with Gasteiger partial charge in [0.1, 0.15) is 5.78 Å². The largest absolute Gasteiger partial charge is 0.299 e. The summed E-state index contributed by atoms with van der Waals surface area (Å²) < 4.78 is 0. The van der Waals surface area contributed by atoms with E-state index in [-0.39, 0.29) is 0 Å². The minimum atomic E-state index is 0.356. The van der Waals surface area contributed by atoms with Crippen LogP contribution in [0.3, 0.4) is 0 Å². The lowest BCUT2D eigenvalue weighted by molar-refractivity contribution is -0.126. The molecule has 2 saturated carbocycles. The van der Waals surface area contributed by atoms with Crippen LogP contribution in [0.15, 0.2) is 12.2 Å². The van der Waals surface area contributed by atoms with Gasteiger partial charge in [0.15, 0.2) is 0 Å². The van der Waals surface area contributed by atoms with Gasteiger partial charge in [-0.25, -0.2) is 0 Å². The predicted octanol–water partition coefficient (Wildman–Crippen LogP) is 2.32. The van der Waals surface area contributed by atoms with Crippen LogP contribution in [0, 0.1) is 11.8 Å². The molecule has 0 amide bonds. The maximum absolute atomic E-state index is 11.3. The van der Waals surface area contributed by atoms with Crippen LogP contribution in [-0.2, 0) is 4.79 Å². The number of rotatable bonds is 0. The molecule has 2 bridgehead atoms. The molecule has 2 unspecified atom stereocenters. The van der Waals surface area contributed by atoms with Crippen molar-refractivity contribution in [2.75, 3.05) is 0 Å². The Kier molecular flexibility index (Phi) is 1.59. The molecule has 2 rings (SSSR count). The van der Waals surface area contributed by atoms with Gasteiger partial charge in [0.25, 0.3) is 0 Å². The average Bonchev–Trinajstić information content (AvgIpc) is 1.97. The Balaban J connectivity index is 2.14. The van der Waals surface area contributed by atoms with Crippen molar-refractivity contribution < 1.29 is 4.79 Å². The molecule has 0 spiro atoms. The third kappa shape index (κ3) is 1.24. The number of carbonyl (C=O) groups excluding carboxylic acids is 1. The van der Waals surface area contributed by atoms with E-state index in [2.05, 4.69) is 6.58 Å². The maximum Gasteiger partial charge on any atom is 0.136 e. The zero-order valence-corrected chi connectivity index (χ0v) is 6.81. The van der Waals surface area contributed by atoms with Crippen molar-refractivity contribution in [3.8, 4) is 0 Å². The van der Waals surface area contributed by atoms with Crippen molar-refractivity contribution in [1.29, 1.82) is 0 Å². The van der Waals surface area contributed by atoms with Crippen LogP contribution in [-0.4, -0.2) is 5.78 Å². The third-order valence-corrected chi connectivity index (χ3v) is 2.98. The molecule has 2 aliphatic rings. The fraction of sp³-hybridized carbons (Fsp3) is 0.700. The fourth-order valence-corrected chi connectivity index (χ4v) is 2.42. The standard InChI is InChI=1S/C10H14O/c1-7-4-8-2-3-10(11)9(5-7)6-8/h8-9H,1-6H2. The van der Waals surface area contributed by atoms with Crippen molar-refractivity contribution in [1.82, 2.24) is 0 Å². The SMILES string of the molecule is C=C1CC2CCC(=O)C(C1)C2. The Labute approximate surface area is 67.5 Å². The first-order valence-electron chi connectivity index (χ1n) is 4.45. The third-order valence-electron chi connectivity index (χ3n) is 2.98. The quantitative estimate of drug-likeness (QED) is 0.484. The molecule has 2 fully saturated rings. The summed E-state index contributed by atoms with van der Waals surface area (Å²) in [5, 5.41) is 0. The van der Waals surface area contributed by atoms with Gasteiger partial charge in [-0.3, -0.25) is 4.79 Å². The number of ketones is 1. The molecule has 0 aromatic rings. The van der Waals surface area contributed by atoms with E-state index in [1.165, 1.54) is 12.0 Å². The number of hydrogen-bond acceptors (Lipinski definition) is 1. The normalized spacial score (nSPS) is 37.5. The van der Waals surface area contributed by atoms with Crippen LogP contribution in [0.4, 0.5) is 0 Å². The summed E-state index contributed by atoms with van der Waals surface area (Å²) in [6.45, 7) is 3.98. The Hall–Kier alpha value is -0.590. The average molecular weight is 150 g/mol. The van der Waals surface area contributed by atoms with Crippen LogP contribution in [0.1, 0.15) is 32.1 Å². The first-order chi connectivity index (χ1) is 5.25. The van der Waals surface area contributed by atoms with Crippen molar-refractivity contribution in [3.63, 3.8) is 0 Å². The van der Waals surface area contributed by atoms with E-state index in [4.69, 9.17) is 0 Å². The maximum atomic E-state index is 11.3. The molecule has 60 valence electrons. The Morgan fingerprint density at radius 1 is 1.36 bits per heavy atom. The van der Waals surface area contributed by atoms with Gasteiger partial charge in [0, 0.05) is 12.3 Å². The molecule has 2 aliphatic carbocycles. The first-order valence-corrected chi connectivity index (χ1v) is 4.45. The van der Waals surface area contributed by atoms with Crippen molar-refractivity contribution in [3.05, 3.63) is 12.2 Å². The first kappa shape index (κ1) is 7.08. The smallest absolute Gasteiger partial charge is 0.136 e. The topological polar surface area (TPSA) is 17.1 Å². The lowest BCUT2D eigenvalue weighted by atomic mass is 9.70. The monoisotopic (exact) mass is 150 g/mol. The Morgan fingerprint density at radius 3 is 3.00 bits per heavy atom. The second kappa shape index (κ2) is 2.47. The number of Topliss-reactive ketones (excluding diaryl/α,β-unsaturated/α-hetero) is 1. The van der Waals surface area contributed by atoms with Gasteiger partial charge in [-0.05, 0) is 31.6 Å². The molecule has 0 saturated heterocycles. The second-order valence-electron chi connectivity index (χ2n) is 3.96. The van der Waals surface area contributed by atoms with Crippen LogP contribution in [0.25, 0.3) is 0 Å². The van der Waals surface area contributed by atoms with E-state index in [1.54, 1.807) is 0 Å². The Morgan fingerprint density at radius 2 is 2.18 bits per heavy atom. The molecule has 0 N–H and O–H groups in total. The van der Waals surface area contributed by atoms with Gasteiger partial charge in [0.05, 0.1) is 0 Å². The molecule has 1 heteroatoms. The summed E-state index contributed by atoms with van der Waals surface area (Å²) in [5.74, 6) is 1.64. The molecule has 0 aliphatic heterocycles. The van der Waals surface area contributed by atoms with E-state index in [0.29, 0.717) is 11.7 Å². The van der Waals surface area contributed by atoms with Crippen LogP contribution in [0.2, 0.25) is 0 Å². The van der Waals surface area contributed by atoms with E-state index in [1.807, 2.05) is 0 Å². The van der Waals surface area contributed by atoms with Crippen molar-refractivity contribution in [2.45, 2.75) is 32.1 Å². The van der Waals surface area contributed by atoms with Gasteiger partial charge in [-0.2, -0.15) is 0 Å². The van der Waals surface area contributed by atoms with Crippen LogP contribution in [0.5, 0.6) is 0 Å². The minimum absolute atomic E-state index is 0.356. The summed E-state index contributed by atoms with van der Waals surface area (Å²) >= 11 is 0. The molecular formula is C10H14O. The van der Waals surface area contributed by atoms with Gasteiger partial charge in [-0.1, -0.05) is 12.2 Å². The second-order valence-corrected chi connectivity index (χ2v) is 3.96.